The number of amides is 1. The highest BCUT2D eigenvalue weighted by atomic mass is 16.5. The SMILES string of the molecule is Cc1ccc(-n2nc3c(c2-n2cccc2)CN(C(=O)c2ccno2)C3)c(C)c1. The summed E-state index contributed by atoms with van der Waals surface area (Å²) in [6.45, 7) is 5.10. The number of carbonyl (C=O) groups is 1. The van der Waals surface area contributed by atoms with Crippen LogP contribution in [0.5, 0.6) is 0 Å². The molecule has 1 aromatic carbocycles. The first-order chi connectivity index (χ1) is 13.6. The third kappa shape index (κ3) is 2.55. The van der Waals surface area contributed by atoms with E-state index in [9.17, 15) is 4.79 Å². The van der Waals surface area contributed by atoms with Crippen molar-refractivity contribution in [3.63, 3.8) is 0 Å². The summed E-state index contributed by atoms with van der Waals surface area (Å²) in [7, 11) is 0. The fourth-order valence-corrected chi connectivity index (χ4v) is 3.78. The normalized spacial score (nSPS) is 13.1. The maximum absolute atomic E-state index is 12.7. The number of aromatic nitrogens is 4. The summed E-state index contributed by atoms with van der Waals surface area (Å²) in [5, 5.41) is 8.51. The van der Waals surface area contributed by atoms with E-state index in [1.54, 1.807) is 11.0 Å². The lowest BCUT2D eigenvalue weighted by Gasteiger charge is -2.17. The van der Waals surface area contributed by atoms with E-state index in [0.29, 0.717) is 13.1 Å². The molecule has 0 aliphatic carbocycles. The van der Waals surface area contributed by atoms with Gasteiger partial charge in [-0.05, 0) is 37.6 Å². The van der Waals surface area contributed by atoms with Crippen molar-refractivity contribution in [2.75, 3.05) is 0 Å². The summed E-state index contributed by atoms with van der Waals surface area (Å²) in [6.07, 6.45) is 5.48. The van der Waals surface area contributed by atoms with E-state index in [1.807, 2.05) is 33.8 Å². The first kappa shape index (κ1) is 16.6. The Morgan fingerprint density at radius 3 is 2.64 bits per heavy atom. The Kier molecular flexibility index (Phi) is 3.68. The van der Waals surface area contributed by atoms with Gasteiger partial charge in [0.1, 0.15) is 5.82 Å². The summed E-state index contributed by atoms with van der Waals surface area (Å²) >= 11 is 0. The molecule has 0 saturated heterocycles. The minimum absolute atomic E-state index is 0.174. The van der Waals surface area contributed by atoms with E-state index in [0.717, 1.165) is 28.3 Å². The third-order valence-corrected chi connectivity index (χ3v) is 5.09. The van der Waals surface area contributed by atoms with Gasteiger partial charge in [-0.15, -0.1) is 0 Å². The average molecular weight is 373 g/mol. The summed E-state index contributed by atoms with van der Waals surface area (Å²) in [6, 6.07) is 11.9. The molecular formula is C21H19N5O2. The lowest BCUT2D eigenvalue weighted by molar-refractivity contribution is 0.0707. The summed E-state index contributed by atoms with van der Waals surface area (Å²) in [5.74, 6) is 1.03. The molecule has 1 amide bonds. The number of rotatable bonds is 3. The van der Waals surface area contributed by atoms with Gasteiger partial charge in [0.25, 0.3) is 5.91 Å². The number of benzene rings is 1. The highest BCUT2D eigenvalue weighted by molar-refractivity contribution is 5.91. The quantitative estimate of drug-likeness (QED) is 0.552. The molecular weight excluding hydrogens is 354 g/mol. The molecule has 1 aliphatic rings. The monoisotopic (exact) mass is 373 g/mol. The maximum Gasteiger partial charge on any atom is 0.293 e. The fourth-order valence-electron chi connectivity index (χ4n) is 3.78. The second-order valence-electron chi connectivity index (χ2n) is 7.08. The predicted molar refractivity (Wildman–Crippen MR) is 102 cm³/mol. The first-order valence-corrected chi connectivity index (χ1v) is 9.13. The Balaban J connectivity index is 1.60. The predicted octanol–water partition coefficient (Wildman–Crippen LogP) is 3.42. The minimum atomic E-state index is -0.174. The van der Waals surface area contributed by atoms with Gasteiger partial charge >= 0.3 is 0 Å². The van der Waals surface area contributed by atoms with Gasteiger partial charge in [0.05, 0.1) is 30.7 Å². The Hall–Kier alpha value is -3.61. The molecule has 0 bridgehead atoms. The van der Waals surface area contributed by atoms with E-state index in [1.165, 1.54) is 11.8 Å². The molecule has 7 heteroatoms. The van der Waals surface area contributed by atoms with E-state index in [-0.39, 0.29) is 11.7 Å². The maximum atomic E-state index is 12.7. The highest BCUT2D eigenvalue weighted by Crippen LogP contribution is 2.32. The van der Waals surface area contributed by atoms with Crippen molar-refractivity contribution in [1.29, 1.82) is 0 Å². The zero-order valence-corrected chi connectivity index (χ0v) is 15.7. The van der Waals surface area contributed by atoms with Crippen LogP contribution in [0.25, 0.3) is 11.5 Å². The molecule has 0 fully saturated rings. The summed E-state index contributed by atoms with van der Waals surface area (Å²) in [5.41, 5.74) is 5.36. The molecule has 140 valence electrons. The van der Waals surface area contributed by atoms with Crippen molar-refractivity contribution in [3.05, 3.63) is 83.1 Å². The van der Waals surface area contributed by atoms with E-state index >= 15 is 0 Å². The first-order valence-electron chi connectivity index (χ1n) is 9.13. The van der Waals surface area contributed by atoms with Crippen LogP contribution >= 0.6 is 0 Å². The smallest absolute Gasteiger partial charge is 0.293 e. The van der Waals surface area contributed by atoms with Crippen LogP contribution in [0.4, 0.5) is 0 Å². The van der Waals surface area contributed by atoms with Gasteiger partial charge in [0, 0.05) is 24.0 Å². The number of aryl methyl sites for hydroxylation is 2. The minimum Gasteiger partial charge on any atom is -0.351 e. The molecule has 28 heavy (non-hydrogen) atoms. The highest BCUT2D eigenvalue weighted by Gasteiger charge is 2.33. The van der Waals surface area contributed by atoms with Gasteiger partial charge in [-0.3, -0.25) is 4.79 Å². The van der Waals surface area contributed by atoms with Crippen molar-refractivity contribution in [1.82, 2.24) is 24.4 Å². The number of hydrogen-bond donors (Lipinski definition) is 0. The van der Waals surface area contributed by atoms with Crippen molar-refractivity contribution < 1.29 is 9.32 Å². The Bertz CT molecular complexity index is 1160. The van der Waals surface area contributed by atoms with Gasteiger partial charge < -0.3 is 14.0 Å². The Morgan fingerprint density at radius 2 is 1.93 bits per heavy atom. The molecule has 0 radical (unpaired) electrons. The van der Waals surface area contributed by atoms with Crippen molar-refractivity contribution >= 4 is 5.91 Å². The van der Waals surface area contributed by atoms with E-state index in [2.05, 4.69) is 37.2 Å². The van der Waals surface area contributed by atoms with Crippen molar-refractivity contribution in [2.45, 2.75) is 26.9 Å². The van der Waals surface area contributed by atoms with Gasteiger partial charge in [0.15, 0.2) is 0 Å². The van der Waals surface area contributed by atoms with Crippen LogP contribution in [-0.2, 0) is 13.1 Å². The molecule has 0 saturated carbocycles. The topological polar surface area (TPSA) is 69.1 Å². The van der Waals surface area contributed by atoms with Crippen LogP contribution in [0.1, 0.15) is 32.9 Å². The lowest BCUT2D eigenvalue weighted by atomic mass is 10.1. The molecule has 4 aromatic rings. The largest absolute Gasteiger partial charge is 0.351 e. The van der Waals surface area contributed by atoms with Crippen molar-refractivity contribution in [3.8, 4) is 11.5 Å². The van der Waals surface area contributed by atoms with Crippen LogP contribution in [0, 0.1) is 13.8 Å². The zero-order valence-electron chi connectivity index (χ0n) is 15.7. The van der Waals surface area contributed by atoms with Crippen LogP contribution < -0.4 is 0 Å². The molecule has 1 aliphatic heterocycles. The van der Waals surface area contributed by atoms with Crippen LogP contribution in [0.3, 0.4) is 0 Å². The van der Waals surface area contributed by atoms with Gasteiger partial charge in [0.2, 0.25) is 5.76 Å². The standard InChI is InChI=1S/C21H19N5O2/c1-14-5-6-18(15(2)11-14)26-20(24-9-3-4-10-24)16-12-25(13-17(16)23-26)21(27)19-7-8-22-28-19/h3-11H,12-13H2,1-2H3. The van der Waals surface area contributed by atoms with E-state index < -0.39 is 0 Å². The Morgan fingerprint density at radius 1 is 1.11 bits per heavy atom. The van der Waals surface area contributed by atoms with Gasteiger partial charge in [-0.1, -0.05) is 22.9 Å². The molecule has 5 rings (SSSR count). The molecule has 3 aromatic heterocycles. The van der Waals surface area contributed by atoms with Crippen LogP contribution in [0.15, 0.2) is 59.5 Å². The van der Waals surface area contributed by atoms with Gasteiger partial charge in [-0.25, -0.2) is 4.68 Å². The second-order valence-corrected chi connectivity index (χ2v) is 7.08. The average Bonchev–Trinajstić information content (AvgIpc) is 3.44. The summed E-state index contributed by atoms with van der Waals surface area (Å²) < 4.78 is 9.06. The molecule has 0 N–H and O–H groups in total. The number of fused-ring (bicyclic) bond motifs is 1. The lowest BCUT2D eigenvalue weighted by Crippen LogP contribution is -2.26. The zero-order chi connectivity index (χ0) is 19.3. The van der Waals surface area contributed by atoms with Crippen LogP contribution in [-0.4, -0.2) is 30.3 Å². The Labute approximate surface area is 161 Å². The molecule has 0 spiro atoms. The number of hydrogen-bond acceptors (Lipinski definition) is 4. The molecule has 7 nitrogen and oxygen atoms in total. The second kappa shape index (κ2) is 6.23. The third-order valence-electron chi connectivity index (χ3n) is 5.09. The van der Waals surface area contributed by atoms with Crippen LogP contribution in [0.2, 0.25) is 0 Å². The number of nitrogens with zero attached hydrogens (tertiary/aromatic N) is 5. The molecule has 0 unspecified atom stereocenters. The number of carbonyl (C=O) groups excluding carboxylic acids is 1. The molecule has 0 atom stereocenters. The summed E-state index contributed by atoms with van der Waals surface area (Å²) in [4.78, 5) is 14.4. The fraction of sp³-hybridized carbons (Fsp3) is 0.190. The van der Waals surface area contributed by atoms with E-state index in [4.69, 9.17) is 9.62 Å². The molecule has 4 heterocycles. The van der Waals surface area contributed by atoms with Gasteiger partial charge in [-0.2, -0.15) is 5.10 Å². The van der Waals surface area contributed by atoms with Crippen molar-refractivity contribution in [2.24, 2.45) is 0 Å².